The van der Waals surface area contributed by atoms with Crippen LogP contribution in [0.25, 0.3) is 0 Å². The Bertz CT molecular complexity index is 1120. The summed E-state index contributed by atoms with van der Waals surface area (Å²) in [5.41, 5.74) is 1.42. The molecule has 132 valence electrons. The molecule has 7 nitrogen and oxygen atoms in total. The molecule has 0 atom stereocenters. The van der Waals surface area contributed by atoms with Gasteiger partial charge in [0.15, 0.2) is 11.6 Å². The topological polar surface area (TPSA) is 110 Å². The fraction of sp³-hybridized carbons (Fsp3) is 0. The Balaban J connectivity index is 1.82. The Morgan fingerprint density at radius 2 is 1.59 bits per heavy atom. The number of carbonyl (C=O) groups excluding carboxylic acids is 2. The van der Waals surface area contributed by atoms with Crippen LogP contribution in [0.2, 0.25) is 0 Å². The first-order valence-electron chi connectivity index (χ1n) is 8.02. The van der Waals surface area contributed by atoms with Gasteiger partial charge in [-0.2, -0.15) is 0 Å². The molecule has 0 bridgehead atoms. The van der Waals surface area contributed by atoms with E-state index in [0.717, 1.165) is 6.07 Å². The standard InChI is InChI=1S/C20H12N2O5/c23-13-7-4-11(5-8-13)21-17-3-1-2-15-18(17)20(25)14-9-6-12(22(26)27)10-16(14)19(15)24/h1-10,21,23H. The van der Waals surface area contributed by atoms with E-state index in [1.54, 1.807) is 24.3 Å². The number of carbonyl (C=O) groups is 2. The molecule has 2 N–H and O–H groups in total. The molecular weight excluding hydrogens is 348 g/mol. The molecule has 3 aromatic carbocycles. The third-order valence-corrected chi connectivity index (χ3v) is 4.39. The second-order valence-corrected chi connectivity index (χ2v) is 6.05. The summed E-state index contributed by atoms with van der Waals surface area (Å²) in [5, 5.41) is 23.4. The van der Waals surface area contributed by atoms with Gasteiger partial charge in [0, 0.05) is 34.5 Å². The van der Waals surface area contributed by atoms with Gasteiger partial charge in [-0.05, 0) is 36.4 Å². The number of rotatable bonds is 3. The van der Waals surface area contributed by atoms with Crippen LogP contribution in [0, 0.1) is 10.1 Å². The van der Waals surface area contributed by atoms with Crippen LogP contribution in [-0.2, 0) is 0 Å². The predicted molar refractivity (Wildman–Crippen MR) is 97.8 cm³/mol. The number of nitro groups is 1. The summed E-state index contributed by atoms with van der Waals surface area (Å²) in [6.45, 7) is 0. The summed E-state index contributed by atoms with van der Waals surface area (Å²) in [5.74, 6) is -0.702. The minimum absolute atomic E-state index is 0.0310. The van der Waals surface area contributed by atoms with Crippen molar-refractivity contribution in [1.29, 1.82) is 0 Å². The van der Waals surface area contributed by atoms with Crippen LogP contribution in [0.1, 0.15) is 31.8 Å². The van der Waals surface area contributed by atoms with Gasteiger partial charge in [0.05, 0.1) is 16.2 Å². The number of non-ortho nitro benzene ring substituents is 1. The van der Waals surface area contributed by atoms with Crippen molar-refractivity contribution < 1.29 is 19.6 Å². The molecular formula is C20H12N2O5. The van der Waals surface area contributed by atoms with E-state index in [-0.39, 0.29) is 39.5 Å². The van der Waals surface area contributed by atoms with Gasteiger partial charge in [-0.3, -0.25) is 19.7 Å². The number of phenolic OH excluding ortho intramolecular Hbond substituents is 1. The van der Waals surface area contributed by atoms with Crippen molar-refractivity contribution in [2.75, 3.05) is 5.32 Å². The lowest BCUT2D eigenvalue weighted by Crippen LogP contribution is -2.22. The zero-order chi connectivity index (χ0) is 19.1. The highest BCUT2D eigenvalue weighted by Crippen LogP contribution is 2.34. The first-order chi connectivity index (χ1) is 13.0. The van der Waals surface area contributed by atoms with Crippen LogP contribution in [-0.4, -0.2) is 21.6 Å². The number of benzene rings is 3. The van der Waals surface area contributed by atoms with Crippen LogP contribution in [0.4, 0.5) is 17.1 Å². The third-order valence-electron chi connectivity index (χ3n) is 4.39. The number of nitro benzene ring substituents is 1. The molecule has 0 saturated heterocycles. The lowest BCUT2D eigenvalue weighted by molar-refractivity contribution is -0.384. The Labute approximate surface area is 153 Å². The van der Waals surface area contributed by atoms with E-state index in [9.17, 15) is 24.8 Å². The molecule has 3 aromatic rings. The van der Waals surface area contributed by atoms with Gasteiger partial charge in [-0.15, -0.1) is 0 Å². The van der Waals surface area contributed by atoms with Gasteiger partial charge in [0.25, 0.3) is 5.69 Å². The van der Waals surface area contributed by atoms with Crippen LogP contribution in [0.5, 0.6) is 5.75 Å². The van der Waals surface area contributed by atoms with Gasteiger partial charge in [0.2, 0.25) is 0 Å². The minimum Gasteiger partial charge on any atom is -0.508 e. The van der Waals surface area contributed by atoms with E-state index >= 15 is 0 Å². The summed E-state index contributed by atoms with van der Waals surface area (Å²) in [7, 11) is 0. The second-order valence-electron chi connectivity index (χ2n) is 6.05. The van der Waals surface area contributed by atoms with Crippen molar-refractivity contribution in [2.24, 2.45) is 0 Å². The zero-order valence-corrected chi connectivity index (χ0v) is 13.8. The summed E-state index contributed by atoms with van der Waals surface area (Å²) >= 11 is 0. The number of ketones is 2. The van der Waals surface area contributed by atoms with Gasteiger partial charge in [0.1, 0.15) is 5.75 Å². The number of nitrogens with one attached hydrogen (secondary N) is 1. The maximum absolute atomic E-state index is 13.0. The average Bonchev–Trinajstić information content (AvgIpc) is 2.67. The Hall–Kier alpha value is -4.00. The molecule has 0 fully saturated rings. The van der Waals surface area contributed by atoms with E-state index < -0.39 is 10.7 Å². The fourth-order valence-electron chi connectivity index (χ4n) is 3.10. The number of fused-ring (bicyclic) bond motifs is 2. The number of hydrogen-bond acceptors (Lipinski definition) is 6. The molecule has 0 aliphatic heterocycles. The quantitative estimate of drug-likeness (QED) is 0.326. The minimum atomic E-state index is -0.601. The summed E-state index contributed by atoms with van der Waals surface area (Å²) in [4.78, 5) is 36.2. The van der Waals surface area contributed by atoms with E-state index in [4.69, 9.17) is 0 Å². The van der Waals surface area contributed by atoms with Crippen molar-refractivity contribution >= 4 is 28.6 Å². The maximum Gasteiger partial charge on any atom is 0.270 e. The smallest absolute Gasteiger partial charge is 0.270 e. The lowest BCUT2D eigenvalue weighted by Gasteiger charge is -2.20. The van der Waals surface area contributed by atoms with Gasteiger partial charge < -0.3 is 10.4 Å². The van der Waals surface area contributed by atoms with Crippen molar-refractivity contribution in [3.63, 3.8) is 0 Å². The van der Waals surface area contributed by atoms with Crippen LogP contribution < -0.4 is 5.32 Å². The summed E-state index contributed by atoms with van der Waals surface area (Å²) in [6.07, 6.45) is 0. The van der Waals surface area contributed by atoms with Crippen molar-refractivity contribution in [3.8, 4) is 5.75 Å². The van der Waals surface area contributed by atoms with Crippen molar-refractivity contribution in [1.82, 2.24) is 0 Å². The zero-order valence-electron chi connectivity index (χ0n) is 13.8. The highest BCUT2D eigenvalue weighted by atomic mass is 16.6. The number of aromatic hydroxyl groups is 1. The molecule has 4 rings (SSSR count). The van der Waals surface area contributed by atoms with E-state index in [1.165, 1.54) is 30.3 Å². The Kier molecular flexibility index (Phi) is 3.70. The molecule has 0 spiro atoms. The lowest BCUT2D eigenvalue weighted by atomic mass is 9.83. The highest BCUT2D eigenvalue weighted by Gasteiger charge is 2.33. The summed E-state index contributed by atoms with van der Waals surface area (Å²) in [6, 6.07) is 14.8. The molecule has 7 heteroatoms. The molecule has 0 amide bonds. The largest absolute Gasteiger partial charge is 0.508 e. The SMILES string of the molecule is O=C1c2cc([N+](=O)[O-])ccc2C(=O)c2c(Nc3ccc(O)cc3)cccc21. The Morgan fingerprint density at radius 3 is 2.30 bits per heavy atom. The summed E-state index contributed by atoms with van der Waals surface area (Å²) < 4.78 is 0. The van der Waals surface area contributed by atoms with Gasteiger partial charge in [-0.25, -0.2) is 0 Å². The third kappa shape index (κ3) is 2.71. The molecule has 0 aromatic heterocycles. The maximum atomic E-state index is 13.0. The van der Waals surface area contributed by atoms with Crippen molar-refractivity contribution in [2.45, 2.75) is 0 Å². The average molecular weight is 360 g/mol. The van der Waals surface area contributed by atoms with Crippen LogP contribution >= 0.6 is 0 Å². The first-order valence-corrected chi connectivity index (χ1v) is 8.02. The number of hydrogen-bond donors (Lipinski definition) is 2. The van der Waals surface area contributed by atoms with Crippen LogP contribution in [0.15, 0.2) is 60.7 Å². The van der Waals surface area contributed by atoms with E-state index in [2.05, 4.69) is 5.32 Å². The molecule has 0 radical (unpaired) electrons. The van der Waals surface area contributed by atoms with Crippen LogP contribution in [0.3, 0.4) is 0 Å². The van der Waals surface area contributed by atoms with E-state index in [1.807, 2.05) is 0 Å². The number of anilines is 2. The molecule has 27 heavy (non-hydrogen) atoms. The second kappa shape index (κ2) is 6.06. The van der Waals surface area contributed by atoms with Gasteiger partial charge in [-0.1, -0.05) is 12.1 Å². The van der Waals surface area contributed by atoms with Crippen molar-refractivity contribution in [3.05, 3.63) is 93.0 Å². The number of nitrogens with zero attached hydrogens (tertiary/aromatic N) is 1. The highest BCUT2D eigenvalue weighted by molar-refractivity contribution is 6.30. The molecule has 1 aliphatic carbocycles. The molecule has 0 heterocycles. The Morgan fingerprint density at radius 1 is 0.852 bits per heavy atom. The molecule has 0 unspecified atom stereocenters. The monoisotopic (exact) mass is 360 g/mol. The molecule has 1 aliphatic rings. The number of phenols is 1. The fourth-order valence-corrected chi connectivity index (χ4v) is 3.10. The predicted octanol–water partition coefficient (Wildman–Crippen LogP) is 3.82. The van der Waals surface area contributed by atoms with Gasteiger partial charge >= 0.3 is 0 Å². The molecule has 0 saturated carbocycles. The van der Waals surface area contributed by atoms with E-state index in [0.29, 0.717) is 11.4 Å². The normalized spacial score (nSPS) is 12.3. The first kappa shape index (κ1) is 16.5.